The van der Waals surface area contributed by atoms with Gasteiger partial charge in [0.1, 0.15) is 6.29 Å². The van der Waals surface area contributed by atoms with Crippen molar-refractivity contribution in [3.63, 3.8) is 0 Å². The number of nitrogens with zero attached hydrogens (tertiary/aromatic N) is 1. The summed E-state index contributed by atoms with van der Waals surface area (Å²) in [5, 5.41) is 10.2. The Hall–Kier alpha value is -0.930. The molecule has 0 amide bonds. The van der Waals surface area contributed by atoms with Crippen LogP contribution in [-0.4, -0.2) is 17.8 Å². The van der Waals surface area contributed by atoms with E-state index in [1.807, 2.05) is 13.8 Å². The van der Waals surface area contributed by atoms with Crippen molar-refractivity contribution in [1.29, 1.82) is 0 Å². The summed E-state index contributed by atoms with van der Waals surface area (Å²) < 4.78 is 0. The first-order valence-electron chi connectivity index (χ1n) is 4.11. The van der Waals surface area contributed by atoms with Crippen LogP contribution in [0.25, 0.3) is 0 Å². The van der Waals surface area contributed by atoms with Crippen molar-refractivity contribution >= 4 is 6.29 Å². The van der Waals surface area contributed by atoms with Crippen molar-refractivity contribution in [2.24, 2.45) is 11.8 Å². The van der Waals surface area contributed by atoms with Crippen molar-refractivity contribution < 1.29 is 9.72 Å². The highest BCUT2D eigenvalue weighted by molar-refractivity contribution is 5.49. The topological polar surface area (TPSA) is 60.2 Å². The van der Waals surface area contributed by atoms with E-state index in [9.17, 15) is 14.9 Å². The Labute approximate surface area is 72.1 Å². The molecule has 0 aromatic carbocycles. The van der Waals surface area contributed by atoms with Crippen LogP contribution in [0, 0.1) is 22.0 Å². The maximum atomic E-state index is 10.2. The van der Waals surface area contributed by atoms with E-state index in [4.69, 9.17) is 0 Å². The maximum Gasteiger partial charge on any atom is 0.207 e. The van der Waals surface area contributed by atoms with Crippen LogP contribution in [0.5, 0.6) is 0 Å². The van der Waals surface area contributed by atoms with E-state index in [0.717, 1.165) is 12.7 Å². The van der Waals surface area contributed by atoms with Crippen LogP contribution in [0.3, 0.4) is 0 Å². The Kier molecular flexibility index (Phi) is 5.25. The van der Waals surface area contributed by atoms with Gasteiger partial charge in [0.25, 0.3) is 0 Å². The van der Waals surface area contributed by atoms with Gasteiger partial charge in [-0.05, 0) is 12.3 Å². The highest BCUT2D eigenvalue weighted by Crippen LogP contribution is 2.14. The second-order valence-electron chi connectivity index (χ2n) is 3.41. The monoisotopic (exact) mass is 173 g/mol. The first-order valence-corrected chi connectivity index (χ1v) is 4.11. The van der Waals surface area contributed by atoms with Gasteiger partial charge in [-0.15, -0.1) is 0 Å². The quantitative estimate of drug-likeness (QED) is 0.347. The van der Waals surface area contributed by atoms with E-state index in [2.05, 4.69) is 0 Å². The van der Waals surface area contributed by atoms with E-state index >= 15 is 0 Å². The molecular weight excluding hydrogens is 158 g/mol. The SMILES string of the molecule is CC(C)C[C@@H](CC=O)C[N+](=O)[O-]. The van der Waals surface area contributed by atoms with Gasteiger partial charge in [-0.25, -0.2) is 0 Å². The molecule has 0 unspecified atom stereocenters. The van der Waals surface area contributed by atoms with Crippen LogP contribution in [-0.2, 0) is 4.79 Å². The summed E-state index contributed by atoms with van der Waals surface area (Å²) in [5.41, 5.74) is 0. The molecule has 0 heterocycles. The van der Waals surface area contributed by atoms with Gasteiger partial charge in [0.15, 0.2) is 0 Å². The lowest BCUT2D eigenvalue weighted by atomic mass is 9.95. The first kappa shape index (κ1) is 11.1. The highest BCUT2D eigenvalue weighted by atomic mass is 16.6. The minimum atomic E-state index is -0.351. The van der Waals surface area contributed by atoms with Gasteiger partial charge in [0.2, 0.25) is 6.54 Å². The number of carbonyl (C=O) groups is 1. The molecule has 12 heavy (non-hydrogen) atoms. The highest BCUT2D eigenvalue weighted by Gasteiger charge is 2.15. The molecule has 0 aromatic heterocycles. The zero-order valence-corrected chi connectivity index (χ0v) is 7.53. The van der Waals surface area contributed by atoms with Crippen LogP contribution < -0.4 is 0 Å². The zero-order valence-electron chi connectivity index (χ0n) is 7.53. The van der Waals surface area contributed by atoms with Crippen LogP contribution in [0.4, 0.5) is 0 Å². The van der Waals surface area contributed by atoms with Crippen molar-refractivity contribution in [2.75, 3.05) is 6.54 Å². The fraction of sp³-hybridized carbons (Fsp3) is 0.875. The summed E-state index contributed by atoms with van der Waals surface area (Å²) in [6.45, 7) is 3.91. The third-order valence-corrected chi connectivity index (χ3v) is 1.64. The van der Waals surface area contributed by atoms with Gasteiger partial charge in [0.05, 0.1) is 0 Å². The van der Waals surface area contributed by atoms with Gasteiger partial charge >= 0.3 is 0 Å². The molecule has 0 saturated heterocycles. The number of aldehydes is 1. The van der Waals surface area contributed by atoms with Crippen molar-refractivity contribution in [3.05, 3.63) is 10.1 Å². The molecule has 1 atom stereocenters. The number of hydrogen-bond donors (Lipinski definition) is 0. The number of hydrogen-bond acceptors (Lipinski definition) is 3. The molecule has 4 heteroatoms. The summed E-state index contributed by atoms with van der Waals surface area (Å²) >= 11 is 0. The molecule has 0 radical (unpaired) electrons. The average molecular weight is 173 g/mol. The van der Waals surface area contributed by atoms with E-state index in [1.54, 1.807) is 0 Å². The van der Waals surface area contributed by atoms with Crippen LogP contribution in [0.2, 0.25) is 0 Å². The molecule has 0 N–H and O–H groups in total. The van der Waals surface area contributed by atoms with Crippen molar-refractivity contribution in [3.8, 4) is 0 Å². The van der Waals surface area contributed by atoms with Gasteiger partial charge in [-0.1, -0.05) is 13.8 Å². The summed E-state index contributed by atoms with van der Waals surface area (Å²) in [7, 11) is 0. The van der Waals surface area contributed by atoms with Crippen LogP contribution in [0.15, 0.2) is 0 Å². The third kappa shape index (κ3) is 5.82. The smallest absolute Gasteiger partial charge is 0.207 e. The standard InChI is InChI=1S/C8H15NO3/c1-7(2)5-8(3-4-10)6-9(11)12/h4,7-8H,3,5-6H2,1-2H3/t8-/m1/s1. The summed E-state index contributed by atoms with van der Waals surface area (Å²) in [6.07, 6.45) is 1.81. The maximum absolute atomic E-state index is 10.2. The summed E-state index contributed by atoms with van der Waals surface area (Å²) in [4.78, 5) is 20.0. The average Bonchev–Trinajstić information content (AvgIpc) is 1.84. The van der Waals surface area contributed by atoms with E-state index < -0.39 is 0 Å². The lowest BCUT2D eigenvalue weighted by Crippen LogP contribution is -2.16. The Morgan fingerprint density at radius 3 is 2.42 bits per heavy atom. The second-order valence-corrected chi connectivity index (χ2v) is 3.41. The first-order chi connectivity index (χ1) is 5.56. The Bertz CT molecular complexity index is 156. The largest absolute Gasteiger partial charge is 0.303 e. The summed E-state index contributed by atoms with van der Waals surface area (Å²) in [6, 6.07) is 0. The Morgan fingerprint density at radius 1 is 1.50 bits per heavy atom. The molecule has 0 rings (SSSR count). The van der Waals surface area contributed by atoms with Gasteiger partial charge in [0, 0.05) is 17.3 Å². The van der Waals surface area contributed by atoms with E-state index in [-0.39, 0.29) is 17.4 Å². The minimum Gasteiger partial charge on any atom is -0.303 e. The Morgan fingerprint density at radius 2 is 2.08 bits per heavy atom. The molecule has 0 fully saturated rings. The van der Waals surface area contributed by atoms with Gasteiger partial charge in [-0.2, -0.15) is 0 Å². The van der Waals surface area contributed by atoms with Crippen LogP contribution in [0.1, 0.15) is 26.7 Å². The molecule has 0 aromatic rings. The molecule has 70 valence electrons. The number of carbonyl (C=O) groups excluding carboxylic acids is 1. The minimum absolute atomic E-state index is 0.0856. The van der Waals surface area contributed by atoms with Crippen molar-refractivity contribution in [1.82, 2.24) is 0 Å². The number of rotatable bonds is 6. The molecular formula is C8H15NO3. The Balaban J connectivity index is 3.85. The zero-order chi connectivity index (χ0) is 9.56. The fourth-order valence-corrected chi connectivity index (χ4v) is 1.26. The van der Waals surface area contributed by atoms with E-state index in [1.165, 1.54) is 0 Å². The predicted molar refractivity (Wildman–Crippen MR) is 45.5 cm³/mol. The van der Waals surface area contributed by atoms with Crippen molar-refractivity contribution in [2.45, 2.75) is 26.7 Å². The van der Waals surface area contributed by atoms with E-state index in [0.29, 0.717) is 12.3 Å². The van der Waals surface area contributed by atoms with Gasteiger partial charge < -0.3 is 4.79 Å². The number of nitro groups is 1. The molecule has 0 saturated carbocycles. The normalized spacial score (nSPS) is 12.9. The third-order valence-electron chi connectivity index (χ3n) is 1.64. The predicted octanol–water partition coefficient (Wildman–Crippen LogP) is 1.51. The molecule has 0 spiro atoms. The molecule has 0 aliphatic rings. The lowest BCUT2D eigenvalue weighted by molar-refractivity contribution is -0.488. The molecule has 0 aliphatic carbocycles. The van der Waals surface area contributed by atoms with Crippen LogP contribution >= 0.6 is 0 Å². The molecule has 0 aliphatic heterocycles. The van der Waals surface area contributed by atoms with Gasteiger partial charge in [-0.3, -0.25) is 10.1 Å². The second kappa shape index (κ2) is 5.69. The molecule has 0 bridgehead atoms. The molecule has 4 nitrogen and oxygen atoms in total. The summed E-state index contributed by atoms with van der Waals surface area (Å²) in [5.74, 6) is 0.326. The lowest BCUT2D eigenvalue weighted by Gasteiger charge is -2.11. The fourth-order valence-electron chi connectivity index (χ4n) is 1.26.